The predicted octanol–water partition coefficient (Wildman–Crippen LogP) is 4.39. The van der Waals surface area contributed by atoms with Crippen molar-refractivity contribution < 1.29 is 14.3 Å². The molecule has 3 rings (SSSR count). The van der Waals surface area contributed by atoms with Gasteiger partial charge in [0.1, 0.15) is 24.7 Å². The average molecular weight is 375 g/mol. The van der Waals surface area contributed by atoms with Crippen molar-refractivity contribution >= 4 is 5.91 Å². The topological polar surface area (TPSA) is 47.6 Å². The summed E-state index contributed by atoms with van der Waals surface area (Å²) in [7, 11) is 0. The van der Waals surface area contributed by atoms with Crippen molar-refractivity contribution in [2.24, 2.45) is 0 Å². The Bertz CT molecular complexity index is 848. The van der Waals surface area contributed by atoms with E-state index in [2.05, 4.69) is 5.32 Å². The lowest BCUT2D eigenvalue weighted by atomic mass is 10.1. The summed E-state index contributed by atoms with van der Waals surface area (Å²) in [5.74, 6) is 1.56. The van der Waals surface area contributed by atoms with E-state index in [-0.39, 0.29) is 11.9 Å². The summed E-state index contributed by atoms with van der Waals surface area (Å²) in [6.45, 7) is 2.89. The number of para-hydroxylation sites is 1. The maximum Gasteiger partial charge on any atom is 0.224 e. The summed E-state index contributed by atoms with van der Waals surface area (Å²) in [6, 6.07) is 27.2. The van der Waals surface area contributed by atoms with E-state index in [9.17, 15) is 4.79 Å². The van der Waals surface area contributed by atoms with E-state index in [0.717, 1.165) is 22.6 Å². The van der Waals surface area contributed by atoms with Crippen LogP contribution in [0.25, 0.3) is 0 Å². The number of carbonyl (C=O) groups is 1. The Morgan fingerprint density at radius 2 is 1.39 bits per heavy atom. The highest BCUT2D eigenvalue weighted by molar-refractivity contribution is 5.78. The molecule has 0 bridgehead atoms. The van der Waals surface area contributed by atoms with Crippen LogP contribution in [0.1, 0.15) is 18.1 Å². The van der Waals surface area contributed by atoms with E-state index in [4.69, 9.17) is 9.47 Å². The molecule has 0 aliphatic rings. The lowest BCUT2D eigenvalue weighted by Gasteiger charge is -2.15. The van der Waals surface area contributed by atoms with Gasteiger partial charge < -0.3 is 14.8 Å². The standard InChI is InChI=1S/C24H25NO3/c1-19(17-27-22-10-6-3-7-11-22)25-24(26)16-20-12-14-23(15-13-20)28-18-21-8-4-2-5-9-21/h2-15,19H,16-18H2,1H3,(H,25,26)/t19-/m1/s1. The van der Waals surface area contributed by atoms with E-state index < -0.39 is 0 Å². The van der Waals surface area contributed by atoms with Crippen molar-refractivity contribution in [1.82, 2.24) is 5.32 Å². The molecule has 4 heteroatoms. The molecule has 3 aromatic carbocycles. The van der Waals surface area contributed by atoms with Gasteiger partial charge in [-0.25, -0.2) is 0 Å². The summed E-state index contributed by atoms with van der Waals surface area (Å²) in [4.78, 5) is 12.2. The molecule has 4 nitrogen and oxygen atoms in total. The number of benzene rings is 3. The Hall–Kier alpha value is -3.27. The van der Waals surface area contributed by atoms with Crippen LogP contribution >= 0.6 is 0 Å². The summed E-state index contributed by atoms with van der Waals surface area (Å²) >= 11 is 0. The second-order valence-electron chi connectivity index (χ2n) is 6.69. The molecule has 1 amide bonds. The number of nitrogens with one attached hydrogen (secondary N) is 1. The van der Waals surface area contributed by atoms with E-state index in [1.54, 1.807) is 0 Å². The zero-order valence-electron chi connectivity index (χ0n) is 16.0. The number of ether oxygens (including phenoxy) is 2. The van der Waals surface area contributed by atoms with Gasteiger partial charge in [-0.1, -0.05) is 60.7 Å². The molecule has 0 spiro atoms. The van der Waals surface area contributed by atoms with Gasteiger partial charge in [0.15, 0.2) is 0 Å². The van der Waals surface area contributed by atoms with Crippen LogP contribution in [0, 0.1) is 0 Å². The molecule has 0 saturated carbocycles. The largest absolute Gasteiger partial charge is 0.491 e. The van der Waals surface area contributed by atoms with Gasteiger partial charge in [0.05, 0.1) is 12.5 Å². The van der Waals surface area contributed by atoms with Gasteiger partial charge in [0, 0.05) is 0 Å². The third kappa shape index (κ3) is 6.47. The molecule has 0 radical (unpaired) electrons. The van der Waals surface area contributed by atoms with Crippen molar-refractivity contribution in [3.8, 4) is 11.5 Å². The SMILES string of the molecule is C[C@H](COc1ccccc1)NC(=O)Cc1ccc(OCc2ccccc2)cc1. The van der Waals surface area contributed by atoms with Gasteiger partial charge in [0.25, 0.3) is 0 Å². The lowest BCUT2D eigenvalue weighted by molar-refractivity contribution is -0.121. The van der Waals surface area contributed by atoms with Crippen molar-refractivity contribution in [3.05, 3.63) is 96.1 Å². The van der Waals surface area contributed by atoms with Crippen molar-refractivity contribution in [1.29, 1.82) is 0 Å². The van der Waals surface area contributed by atoms with Crippen LogP contribution in [0.5, 0.6) is 11.5 Å². The predicted molar refractivity (Wildman–Crippen MR) is 110 cm³/mol. The smallest absolute Gasteiger partial charge is 0.224 e. The molecule has 1 atom stereocenters. The lowest BCUT2D eigenvalue weighted by Crippen LogP contribution is -2.37. The highest BCUT2D eigenvalue weighted by Gasteiger charge is 2.09. The number of rotatable bonds is 9. The second kappa shape index (κ2) is 10.2. The molecular formula is C24H25NO3. The summed E-state index contributed by atoms with van der Waals surface area (Å²) in [5, 5.41) is 2.96. The zero-order chi connectivity index (χ0) is 19.6. The number of amides is 1. The molecule has 28 heavy (non-hydrogen) atoms. The third-order valence-corrected chi connectivity index (χ3v) is 4.19. The van der Waals surface area contributed by atoms with Gasteiger partial charge >= 0.3 is 0 Å². The Labute approximate surface area is 166 Å². The molecule has 1 N–H and O–H groups in total. The van der Waals surface area contributed by atoms with Crippen LogP contribution in [0.3, 0.4) is 0 Å². The van der Waals surface area contributed by atoms with Crippen LogP contribution < -0.4 is 14.8 Å². The Morgan fingerprint density at radius 3 is 2.07 bits per heavy atom. The van der Waals surface area contributed by atoms with Crippen LogP contribution in [0.4, 0.5) is 0 Å². The minimum Gasteiger partial charge on any atom is -0.491 e. The molecular weight excluding hydrogens is 350 g/mol. The Balaban J connectivity index is 1.41. The van der Waals surface area contributed by atoms with Crippen LogP contribution in [0.15, 0.2) is 84.9 Å². The maximum atomic E-state index is 12.2. The van der Waals surface area contributed by atoms with Crippen molar-refractivity contribution in [2.45, 2.75) is 26.0 Å². The van der Waals surface area contributed by atoms with Gasteiger partial charge in [0.2, 0.25) is 5.91 Å². The van der Waals surface area contributed by atoms with Gasteiger partial charge in [-0.15, -0.1) is 0 Å². The fourth-order valence-corrected chi connectivity index (χ4v) is 2.74. The third-order valence-electron chi connectivity index (χ3n) is 4.19. The van der Waals surface area contributed by atoms with Crippen molar-refractivity contribution in [2.75, 3.05) is 6.61 Å². The van der Waals surface area contributed by atoms with Gasteiger partial charge in [-0.3, -0.25) is 4.79 Å². The molecule has 0 heterocycles. The van der Waals surface area contributed by atoms with Gasteiger partial charge in [-0.05, 0) is 42.3 Å². The Kier molecular flexibility index (Phi) is 7.08. The first-order valence-electron chi connectivity index (χ1n) is 9.42. The maximum absolute atomic E-state index is 12.2. The van der Waals surface area contributed by atoms with Gasteiger partial charge in [-0.2, -0.15) is 0 Å². The molecule has 0 aliphatic heterocycles. The monoisotopic (exact) mass is 375 g/mol. The van der Waals surface area contributed by atoms with Crippen LogP contribution in [0.2, 0.25) is 0 Å². The second-order valence-corrected chi connectivity index (χ2v) is 6.69. The van der Waals surface area contributed by atoms with Crippen LogP contribution in [-0.2, 0) is 17.8 Å². The number of hydrogen-bond donors (Lipinski definition) is 1. The molecule has 0 aromatic heterocycles. The quantitative estimate of drug-likeness (QED) is 0.603. The van der Waals surface area contributed by atoms with E-state index in [0.29, 0.717) is 19.6 Å². The average Bonchev–Trinajstić information content (AvgIpc) is 2.73. The first-order valence-corrected chi connectivity index (χ1v) is 9.42. The molecule has 144 valence electrons. The van der Waals surface area contributed by atoms with Crippen molar-refractivity contribution in [3.63, 3.8) is 0 Å². The normalized spacial score (nSPS) is 11.5. The highest BCUT2D eigenvalue weighted by Crippen LogP contribution is 2.15. The molecule has 0 unspecified atom stereocenters. The van der Waals surface area contributed by atoms with E-state index in [1.807, 2.05) is 91.9 Å². The summed E-state index contributed by atoms with van der Waals surface area (Å²) in [6.07, 6.45) is 0.328. The molecule has 0 fully saturated rings. The summed E-state index contributed by atoms with van der Waals surface area (Å²) in [5.41, 5.74) is 2.07. The number of hydrogen-bond acceptors (Lipinski definition) is 3. The molecule has 3 aromatic rings. The first kappa shape index (κ1) is 19.5. The minimum absolute atomic E-state index is 0.0258. The fourth-order valence-electron chi connectivity index (χ4n) is 2.74. The Morgan fingerprint density at radius 1 is 0.786 bits per heavy atom. The summed E-state index contributed by atoms with van der Waals surface area (Å²) < 4.78 is 11.4. The first-order chi connectivity index (χ1) is 13.7. The molecule has 0 aliphatic carbocycles. The number of carbonyl (C=O) groups excluding carboxylic acids is 1. The van der Waals surface area contributed by atoms with E-state index in [1.165, 1.54) is 0 Å². The highest BCUT2D eigenvalue weighted by atomic mass is 16.5. The fraction of sp³-hybridized carbons (Fsp3) is 0.208. The zero-order valence-corrected chi connectivity index (χ0v) is 16.0. The van der Waals surface area contributed by atoms with E-state index >= 15 is 0 Å². The minimum atomic E-state index is -0.0683. The molecule has 0 saturated heterocycles. The van der Waals surface area contributed by atoms with Crippen LogP contribution in [-0.4, -0.2) is 18.6 Å².